The third kappa shape index (κ3) is 4.35. The van der Waals surface area contributed by atoms with Crippen LogP contribution in [0.15, 0.2) is 51.8 Å². The fraction of sp³-hybridized carbons (Fsp3) is 0.227. The van der Waals surface area contributed by atoms with Crippen molar-refractivity contribution >= 4 is 27.3 Å². The molecule has 0 aliphatic heterocycles. The van der Waals surface area contributed by atoms with E-state index in [-0.39, 0.29) is 10.8 Å². The van der Waals surface area contributed by atoms with E-state index in [0.29, 0.717) is 34.0 Å². The van der Waals surface area contributed by atoms with Crippen LogP contribution in [-0.2, 0) is 10.0 Å². The lowest BCUT2D eigenvalue weighted by molar-refractivity contribution is 0.102. The van der Waals surface area contributed by atoms with Gasteiger partial charge < -0.3 is 9.73 Å². The zero-order valence-electron chi connectivity index (χ0n) is 17.1. The number of benzene rings is 2. The zero-order chi connectivity index (χ0) is 21.3. The second kappa shape index (κ2) is 7.75. The molecule has 7 heteroatoms. The molecule has 0 atom stereocenters. The number of sulfonamides is 1. The number of furan rings is 1. The van der Waals surface area contributed by atoms with E-state index in [1.54, 1.807) is 51.1 Å². The molecule has 0 bridgehead atoms. The summed E-state index contributed by atoms with van der Waals surface area (Å²) in [6.07, 6.45) is 0. The standard InChI is InChI=1S/C22H24N2O4S/c1-13-7-6-8-19(11-13)24-29(26,27)20-12-18(10-9-14(20)2)23-22(25)21-15(3)16(4)28-17(21)5/h6-12,24H,1-5H3,(H,23,25). The molecule has 0 unspecified atom stereocenters. The number of rotatable bonds is 5. The van der Waals surface area contributed by atoms with Crippen LogP contribution in [0, 0.1) is 34.6 Å². The van der Waals surface area contributed by atoms with Gasteiger partial charge in [0.05, 0.1) is 10.5 Å². The maximum atomic E-state index is 12.9. The van der Waals surface area contributed by atoms with Gasteiger partial charge in [-0.2, -0.15) is 0 Å². The molecule has 0 saturated heterocycles. The minimum Gasteiger partial charge on any atom is -0.466 e. The van der Waals surface area contributed by atoms with Gasteiger partial charge in [-0.15, -0.1) is 0 Å². The van der Waals surface area contributed by atoms with E-state index >= 15 is 0 Å². The number of carbonyl (C=O) groups excluding carboxylic acids is 1. The average Bonchev–Trinajstić information content (AvgIpc) is 2.88. The van der Waals surface area contributed by atoms with Gasteiger partial charge in [-0.05, 0) is 70.0 Å². The summed E-state index contributed by atoms with van der Waals surface area (Å²) in [5, 5.41) is 2.77. The van der Waals surface area contributed by atoms with Gasteiger partial charge in [0.1, 0.15) is 11.5 Å². The van der Waals surface area contributed by atoms with Crippen LogP contribution < -0.4 is 10.0 Å². The highest BCUT2D eigenvalue weighted by Crippen LogP contribution is 2.25. The number of hydrogen-bond acceptors (Lipinski definition) is 4. The minimum atomic E-state index is -3.82. The minimum absolute atomic E-state index is 0.105. The lowest BCUT2D eigenvalue weighted by atomic mass is 10.1. The summed E-state index contributed by atoms with van der Waals surface area (Å²) >= 11 is 0. The van der Waals surface area contributed by atoms with Gasteiger partial charge in [-0.3, -0.25) is 9.52 Å². The van der Waals surface area contributed by atoms with Crippen LogP contribution in [0.1, 0.15) is 38.6 Å². The van der Waals surface area contributed by atoms with Gasteiger partial charge in [0.15, 0.2) is 0 Å². The predicted molar refractivity (Wildman–Crippen MR) is 114 cm³/mol. The van der Waals surface area contributed by atoms with Crippen molar-refractivity contribution in [3.63, 3.8) is 0 Å². The molecule has 0 spiro atoms. The van der Waals surface area contributed by atoms with Gasteiger partial charge in [-0.25, -0.2) is 8.42 Å². The van der Waals surface area contributed by atoms with Crippen molar-refractivity contribution in [2.24, 2.45) is 0 Å². The molecule has 1 amide bonds. The highest BCUT2D eigenvalue weighted by Gasteiger charge is 2.21. The summed E-state index contributed by atoms with van der Waals surface area (Å²) in [7, 11) is -3.82. The second-order valence-corrected chi connectivity index (χ2v) is 8.77. The Balaban J connectivity index is 1.90. The number of carbonyl (C=O) groups is 1. The first-order chi connectivity index (χ1) is 13.6. The van der Waals surface area contributed by atoms with Gasteiger partial charge in [-0.1, -0.05) is 18.2 Å². The SMILES string of the molecule is Cc1cccc(NS(=O)(=O)c2cc(NC(=O)c3c(C)oc(C)c3C)ccc2C)c1. The molecule has 1 aromatic heterocycles. The Morgan fingerprint density at radius 1 is 0.897 bits per heavy atom. The summed E-state index contributed by atoms with van der Waals surface area (Å²) in [5.74, 6) is 0.872. The highest BCUT2D eigenvalue weighted by atomic mass is 32.2. The van der Waals surface area contributed by atoms with Crippen LogP contribution in [0.4, 0.5) is 11.4 Å². The molecular formula is C22H24N2O4S. The van der Waals surface area contributed by atoms with E-state index < -0.39 is 10.0 Å². The number of nitrogens with one attached hydrogen (secondary N) is 2. The molecule has 0 fully saturated rings. The van der Waals surface area contributed by atoms with E-state index in [2.05, 4.69) is 10.0 Å². The Morgan fingerprint density at radius 2 is 1.62 bits per heavy atom. The smallest absolute Gasteiger partial charge is 0.262 e. The molecule has 29 heavy (non-hydrogen) atoms. The van der Waals surface area contributed by atoms with Crippen LogP contribution >= 0.6 is 0 Å². The molecule has 3 rings (SSSR count). The molecule has 0 radical (unpaired) electrons. The predicted octanol–water partition coefficient (Wildman–Crippen LogP) is 4.87. The molecule has 3 aromatic rings. The summed E-state index contributed by atoms with van der Waals surface area (Å²) in [6.45, 7) is 8.95. The lowest BCUT2D eigenvalue weighted by Gasteiger charge is -2.13. The lowest BCUT2D eigenvalue weighted by Crippen LogP contribution is -2.17. The Hall–Kier alpha value is -3.06. The van der Waals surface area contributed by atoms with Crippen LogP contribution in [-0.4, -0.2) is 14.3 Å². The van der Waals surface area contributed by atoms with Crippen LogP contribution in [0.3, 0.4) is 0 Å². The highest BCUT2D eigenvalue weighted by molar-refractivity contribution is 7.92. The fourth-order valence-corrected chi connectivity index (χ4v) is 4.53. The Bertz CT molecular complexity index is 1190. The maximum Gasteiger partial charge on any atom is 0.262 e. The summed E-state index contributed by atoms with van der Waals surface area (Å²) in [4.78, 5) is 12.8. The zero-order valence-corrected chi connectivity index (χ0v) is 17.9. The molecule has 1 heterocycles. The van der Waals surface area contributed by atoms with Crippen molar-refractivity contribution in [3.05, 3.63) is 76.2 Å². The quantitative estimate of drug-likeness (QED) is 0.625. The molecule has 2 aromatic carbocycles. The topological polar surface area (TPSA) is 88.4 Å². The van der Waals surface area contributed by atoms with E-state index in [4.69, 9.17) is 4.42 Å². The van der Waals surface area contributed by atoms with Gasteiger partial charge in [0, 0.05) is 16.9 Å². The first-order valence-corrected chi connectivity index (χ1v) is 10.6. The molecule has 0 aliphatic rings. The van der Waals surface area contributed by atoms with Crippen LogP contribution in [0.25, 0.3) is 0 Å². The molecule has 0 aliphatic carbocycles. The molecule has 152 valence electrons. The van der Waals surface area contributed by atoms with Gasteiger partial charge in [0.25, 0.3) is 15.9 Å². The molecule has 2 N–H and O–H groups in total. The first kappa shape index (κ1) is 20.7. The molecular weight excluding hydrogens is 388 g/mol. The van der Waals surface area contributed by atoms with Crippen molar-refractivity contribution in [2.45, 2.75) is 39.5 Å². The van der Waals surface area contributed by atoms with E-state index in [1.807, 2.05) is 19.9 Å². The van der Waals surface area contributed by atoms with Gasteiger partial charge in [0.2, 0.25) is 0 Å². The van der Waals surface area contributed by atoms with Crippen molar-refractivity contribution in [3.8, 4) is 0 Å². The number of amides is 1. The molecule has 6 nitrogen and oxygen atoms in total. The van der Waals surface area contributed by atoms with Crippen molar-refractivity contribution in [1.29, 1.82) is 0 Å². The fourth-order valence-electron chi connectivity index (χ4n) is 3.21. The number of anilines is 2. The Labute approximate surface area is 171 Å². The van der Waals surface area contributed by atoms with Gasteiger partial charge >= 0.3 is 0 Å². The van der Waals surface area contributed by atoms with Crippen LogP contribution in [0.2, 0.25) is 0 Å². The summed E-state index contributed by atoms with van der Waals surface area (Å²) in [5.41, 5.74) is 3.63. The Morgan fingerprint density at radius 3 is 2.24 bits per heavy atom. The summed E-state index contributed by atoms with van der Waals surface area (Å²) < 4.78 is 33.9. The first-order valence-electron chi connectivity index (χ1n) is 9.16. The van der Waals surface area contributed by atoms with Crippen molar-refractivity contribution in [2.75, 3.05) is 10.0 Å². The number of hydrogen-bond donors (Lipinski definition) is 2. The third-order valence-corrected chi connectivity index (χ3v) is 6.32. The molecule has 0 saturated carbocycles. The van der Waals surface area contributed by atoms with E-state index in [9.17, 15) is 13.2 Å². The van der Waals surface area contributed by atoms with Crippen LogP contribution in [0.5, 0.6) is 0 Å². The van der Waals surface area contributed by atoms with E-state index in [0.717, 1.165) is 11.1 Å². The normalized spacial score (nSPS) is 11.3. The monoisotopic (exact) mass is 412 g/mol. The maximum absolute atomic E-state index is 12.9. The average molecular weight is 413 g/mol. The van der Waals surface area contributed by atoms with Crippen molar-refractivity contribution in [1.82, 2.24) is 0 Å². The Kier molecular flexibility index (Phi) is 5.53. The second-order valence-electron chi connectivity index (χ2n) is 7.12. The third-order valence-electron chi connectivity index (χ3n) is 4.79. The summed E-state index contributed by atoms with van der Waals surface area (Å²) in [6, 6.07) is 11.9. The number of aryl methyl sites for hydroxylation is 4. The van der Waals surface area contributed by atoms with Crippen molar-refractivity contribution < 1.29 is 17.6 Å². The largest absolute Gasteiger partial charge is 0.466 e. The van der Waals surface area contributed by atoms with E-state index in [1.165, 1.54) is 6.07 Å².